The summed E-state index contributed by atoms with van der Waals surface area (Å²) in [5, 5.41) is 1.34. The molecule has 0 fully saturated rings. The van der Waals surface area contributed by atoms with E-state index in [2.05, 4.69) is 21.5 Å². The van der Waals surface area contributed by atoms with Gasteiger partial charge < -0.3 is 9.55 Å². The molecule has 0 saturated carbocycles. The van der Waals surface area contributed by atoms with Crippen molar-refractivity contribution in [3.63, 3.8) is 0 Å². The molecule has 180 valence electrons. The van der Waals surface area contributed by atoms with E-state index in [1.54, 1.807) is 18.2 Å². The summed E-state index contributed by atoms with van der Waals surface area (Å²) in [6.45, 7) is 7.40. The van der Waals surface area contributed by atoms with Crippen molar-refractivity contribution < 1.29 is 8.42 Å². The number of nitrogens with zero attached hydrogens (tertiary/aromatic N) is 4. The standard InChI is InChI=1S/C24H29N5O3S2/c1-4-7-14-29-21-13-12-17(34(31,32)28(5-2)6-3)15-20(21)26-24(29)33-16-22-25-19-11-9-8-10-18(19)23(30)27-22/h8-13,15H,4-7,14,16H2,1-3H3,(H,25,27,30). The maximum absolute atomic E-state index is 13.0. The van der Waals surface area contributed by atoms with Crippen LogP contribution in [-0.2, 0) is 22.3 Å². The molecule has 0 aliphatic rings. The summed E-state index contributed by atoms with van der Waals surface area (Å²) in [7, 11) is -3.57. The molecule has 4 aromatic rings. The number of thioether (sulfide) groups is 1. The van der Waals surface area contributed by atoms with E-state index in [1.165, 1.54) is 16.1 Å². The van der Waals surface area contributed by atoms with Crippen LogP contribution in [0.1, 0.15) is 39.4 Å². The van der Waals surface area contributed by atoms with Crippen LogP contribution in [0.4, 0.5) is 0 Å². The first-order valence-corrected chi connectivity index (χ1v) is 13.9. The number of aromatic amines is 1. The second-order valence-electron chi connectivity index (χ2n) is 7.96. The van der Waals surface area contributed by atoms with Crippen LogP contribution in [0.3, 0.4) is 0 Å². The number of imidazole rings is 1. The highest BCUT2D eigenvalue weighted by atomic mass is 32.2. The average molecular weight is 500 g/mol. The number of fused-ring (bicyclic) bond motifs is 2. The number of benzene rings is 2. The van der Waals surface area contributed by atoms with E-state index in [-0.39, 0.29) is 10.5 Å². The SMILES string of the molecule is CCCCn1c(SCc2nc3ccccc3c(=O)[nH]2)nc2cc(S(=O)(=O)N(CC)CC)ccc21. The van der Waals surface area contributed by atoms with Gasteiger partial charge in [0.15, 0.2) is 5.16 Å². The van der Waals surface area contributed by atoms with Gasteiger partial charge in [-0.25, -0.2) is 18.4 Å². The van der Waals surface area contributed by atoms with E-state index in [9.17, 15) is 13.2 Å². The molecular formula is C24H29N5O3S2. The molecule has 10 heteroatoms. The highest BCUT2D eigenvalue weighted by molar-refractivity contribution is 7.98. The first kappa shape index (κ1) is 24.4. The van der Waals surface area contributed by atoms with Crippen LogP contribution in [0.5, 0.6) is 0 Å². The Kier molecular flexibility index (Phi) is 7.39. The molecule has 0 spiro atoms. The maximum atomic E-state index is 13.0. The van der Waals surface area contributed by atoms with Crippen LogP contribution in [-0.4, -0.2) is 45.3 Å². The zero-order valence-electron chi connectivity index (χ0n) is 19.6. The molecule has 2 aromatic carbocycles. The van der Waals surface area contributed by atoms with Crippen molar-refractivity contribution >= 4 is 43.7 Å². The zero-order chi connectivity index (χ0) is 24.3. The Bertz CT molecular complexity index is 1470. The third-order valence-corrected chi connectivity index (χ3v) is 8.80. The zero-order valence-corrected chi connectivity index (χ0v) is 21.2. The Morgan fingerprint density at radius 1 is 1.03 bits per heavy atom. The molecule has 0 unspecified atom stereocenters. The molecule has 0 aliphatic heterocycles. The minimum Gasteiger partial charge on any atom is -0.319 e. The second kappa shape index (κ2) is 10.3. The highest BCUT2D eigenvalue weighted by Crippen LogP contribution is 2.29. The van der Waals surface area contributed by atoms with E-state index in [0.717, 1.165) is 30.1 Å². The number of H-pyrrole nitrogens is 1. The van der Waals surface area contributed by atoms with Crippen LogP contribution in [0, 0.1) is 0 Å². The second-order valence-corrected chi connectivity index (χ2v) is 10.8. The summed E-state index contributed by atoms with van der Waals surface area (Å²) in [4.78, 5) is 24.9. The number of aromatic nitrogens is 4. The van der Waals surface area contributed by atoms with Crippen LogP contribution < -0.4 is 5.56 Å². The van der Waals surface area contributed by atoms with Gasteiger partial charge in [0.05, 0.1) is 32.6 Å². The van der Waals surface area contributed by atoms with Gasteiger partial charge in [0.25, 0.3) is 5.56 Å². The Hall–Kier alpha value is -2.69. The van der Waals surface area contributed by atoms with Crippen molar-refractivity contribution in [2.45, 2.75) is 56.0 Å². The van der Waals surface area contributed by atoms with Crippen LogP contribution in [0.15, 0.2) is 57.3 Å². The molecule has 0 amide bonds. The van der Waals surface area contributed by atoms with E-state index >= 15 is 0 Å². The quantitative estimate of drug-likeness (QED) is 0.325. The van der Waals surface area contributed by atoms with Gasteiger partial charge in [-0.3, -0.25) is 4.79 Å². The van der Waals surface area contributed by atoms with E-state index < -0.39 is 10.0 Å². The lowest BCUT2D eigenvalue weighted by molar-refractivity contribution is 0.445. The highest BCUT2D eigenvalue weighted by Gasteiger charge is 2.23. The third kappa shape index (κ3) is 4.75. The minimum absolute atomic E-state index is 0.160. The van der Waals surface area contributed by atoms with Gasteiger partial charge >= 0.3 is 0 Å². The van der Waals surface area contributed by atoms with Gasteiger partial charge in [0.2, 0.25) is 10.0 Å². The molecule has 34 heavy (non-hydrogen) atoms. The first-order valence-electron chi connectivity index (χ1n) is 11.5. The third-order valence-electron chi connectivity index (χ3n) is 5.76. The monoisotopic (exact) mass is 499 g/mol. The molecular weight excluding hydrogens is 470 g/mol. The molecule has 0 atom stereocenters. The van der Waals surface area contributed by atoms with Crippen molar-refractivity contribution in [2.75, 3.05) is 13.1 Å². The van der Waals surface area contributed by atoms with Crippen LogP contribution in [0.25, 0.3) is 21.9 Å². The van der Waals surface area contributed by atoms with Crippen molar-refractivity contribution in [1.29, 1.82) is 0 Å². The summed E-state index contributed by atoms with van der Waals surface area (Å²) in [5.74, 6) is 1.02. The molecule has 4 rings (SSSR count). The number of hydrogen-bond acceptors (Lipinski definition) is 6. The number of nitrogens with one attached hydrogen (secondary N) is 1. The van der Waals surface area contributed by atoms with Gasteiger partial charge in [-0.05, 0) is 36.8 Å². The molecule has 0 aliphatic carbocycles. The fraction of sp³-hybridized carbons (Fsp3) is 0.375. The Balaban J connectivity index is 1.69. The van der Waals surface area contributed by atoms with Crippen LogP contribution in [0.2, 0.25) is 0 Å². The van der Waals surface area contributed by atoms with Crippen molar-refractivity contribution in [3.05, 3.63) is 58.6 Å². The number of hydrogen-bond donors (Lipinski definition) is 1. The number of unbranched alkanes of at least 4 members (excludes halogenated alkanes) is 1. The van der Waals surface area contributed by atoms with E-state index in [0.29, 0.717) is 41.1 Å². The smallest absolute Gasteiger partial charge is 0.258 e. The largest absolute Gasteiger partial charge is 0.319 e. The molecule has 0 saturated heterocycles. The molecule has 8 nitrogen and oxygen atoms in total. The summed E-state index contributed by atoms with van der Waals surface area (Å²) in [6, 6.07) is 12.4. The Labute approximate surface area is 203 Å². The first-order chi connectivity index (χ1) is 16.4. The Morgan fingerprint density at radius 3 is 2.53 bits per heavy atom. The van der Waals surface area contributed by atoms with Crippen molar-refractivity contribution in [3.8, 4) is 0 Å². The van der Waals surface area contributed by atoms with Crippen molar-refractivity contribution in [2.24, 2.45) is 0 Å². The summed E-state index contributed by atoms with van der Waals surface area (Å²) in [6.07, 6.45) is 2.00. The molecule has 1 N–H and O–H groups in total. The lowest BCUT2D eigenvalue weighted by Gasteiger charge is -2.18. The number of aryl methyl sites for hydroxylation is 1. The lowest BCUT2D eigenvalue weighted by atomic mass is 10.2. The van der Waals surface area contributed by atoms with Gasteiger partial charge in [-0.15, -0.1) is 0 Å². The van der Waals surface area contributed by atoms with E-state index in [4.69, 9.17) is 4.98 Å². The number of para-hydroxylation sites is 1. The van der Waals surface area contributed by atoms with E-state index in [1.807, 2.05) is 38.1 Å². The topological polar surface area (TPSA) is 101 Å². The predicted octanol–water partition coefficient (Wildman–Crippen LogP) is 4.40. The lowest BCUT2D eigenvalue weighted by Crippen LogP contribution is -2.30. The summed E-state index contributed by atoms with van der Waals surface area (Å²) >= 11 is 1.48. The molecule has 0 radical (unpaired) electrons. The minimum atomic E-state index is -3.57. The average Bonchev–Trinajstić information content (AvgIpc) is 3.18. The molecule has 2 heterocycles. The van der Waals surface area contributed by atoms with Crippen LogP contribution >= 0.6 is 11.8 Å². The molecule has 0 bridgehead atoms. The predicted molar refractivity (Wildman–Crippen MR) is 137 cm³/mol. The number of rotatable bonds is 10. The molecule has 2 aromatic heterocycles. The van der Waals surface area contributed by atoms with Gasteiger partial charge in [0.1, 0.15) is 5.82 Å². The fourth-order valence-corrected chi connectivity index (χ4v) is 6.33. The van der Waals surface area contributed by atoms with Gasteiger partial charge in [-0.1, -0.05) is 51.1 Å². The normalized spacial score (nSPS) is 12.2. The van der Waals surface area contributed by atoms with Gasteiger partial charge in [0, 0.05) is 19.6 Å². The number of sulfonamides is 1. The Morgan fingerprint density at radius 2 is 1.79 bits per heavy atom. The fourth-order valence-electron chi connectivity index (χ4n) is 3.94. The maximum Gasteiger partial charge on any atom is 0.258 e. The van der Waals surface area contributed by atoms with Gasteiger partial charge in [-0.2, -0.15) is 4.31 Å². The summed E-state index contributed by atoms with van der Waals surface area (Å²) < 4.78 is 29.6. The summed E-state index contributed by atoms with van der Waals surface area (Å²) in [5.41, 5.74) is 2.04. The van der Waals surface area contributed by atoms with Crippen molar-refractivity contribution in [1.82, 2.24) is 23.8 Å².